The molecule has 0 aliphatic carbocycles. The topological polar surface area (TPSA) is 126 Å². The van der Waals surface area contributed by atoms with Gasteiger partial charge in [0.05, 0.1) is 56.3 Å². The highest BCUT2D eigenvalue weighted by Crippen LogP contribution is 2.41. The highest BCUT2D eigenvalue weighted by Gasteiger charge is 2.34. The van der Waals surface area contributed by atoms with E-state index in [0.717, 1.165) is 32.9 Å². The van der Waals surface area contributed by atoms with E-state index in [1.165, 1.54) is 22.7 Å². The Morgan fingerprint density at radius 2 is 0.946 bits per heavy atom. The quantitative estimate of drug-likeness (QED) is 0.0344. The average Bonchev–Trinajstić information content (AvgIpc) is 3.79. The molecule has 56 heavy (non-hydrogen) atoms. The number of nitrogens with zero attached hydrogens (tertiary/aromatic N) is 2. The van der Waals surface area contributed by atoms with Gasteiger partial charge in [0.25, 0.3) is 0 Å². The second-order valence-corrected chi connectivity index (χ2v) is 15.5. The SMILES string of the molecule is CCOc1ccc2nc(SCC(=O)NNc3c(F)c(F)c(-c4c(F)c(F)c(NNC(=O)CSc5nc6ccc(OCC)cc6s5)c(F)c4F)c(F)c3F)sc2c1. The largest absolute Gasteiger partial charge is 0.494 e. The number of carbonyl (C=O) groups excluding carboxylic acids is 2. The molecule has 22 heteroatoms. The summed E-state index contributed by atoms with van der Waals surface area (Å²) in [6.07, 6.45) is 0. The fourth-order valence-electron chi connectivity index (χ4n) is 4.92. The third-order valence-corrected chi connectivity index (χ3v) is 11.7. The van der Waals surface area contributed by atoms with Crippen molar-refractivity contribution >= 4 is 89.8 Å². The number of amides is 2. The Bertz CT molecular complexity index is 2260. The van der Waals surface area contributed by atoms with E-state index in [2.05, 4.69) is 9.97 Å². The van der Waals surface area contributed by atoms with Crippen LogP contribution in [-0.2, 0) is 9.59 Å². The van der Waals surface area contributed by atoms with Gasteiger partial charge in [-0.15, -0.1) is 22.7 Å². The molecule has 294 valence electrons. The lowest BCUT2D eigenvalue weighted by molar-refractivity contribution is -0.118. The number of anilines is 2. The molecule has 10 nitrogen and oxygen atoms in total. The predicted octanol–water partition coefficient (Wildman–Crippen LogP) is 8.95. The van der Waals surface area contributed by atoms with Gasteiger partial charge >= 0.3 is 0 Å². The van der Waals surface area contributed by atoms with Gasteiger partial charge in [0, 0.05) is 0 Å². The minimum atomic E-state index is -2.46. The number of hydrazine groups is 2. The molecular formula is C34H24F8N6O4S4. The molecule has 0 aliphatic heterocycles. The molecule has 0 spiro atoms. The smallest absolute Gasteiger partial charge is 0.248 e. The molecule has 0 saturated heterocycles. The zero-order valence-corrected chi connectivity index (χ0v) is 31.7. The van der Waals surface area contributed by atoms with Crippen molar-refractivity contribution in [3.63, 3.8) is 0 Å². The van der Waals surface area contributed by atoms with Crippen molar-refractivity contribution in [2.75, 3.05) is 35.6 Å². The first-order chi connectivity index (χ1) is 26.8. The summed E-state index contributed by atoms with van der Waals surface area (Å²) in [5, 5.41) is 0. The third-order valence-electron chi connectivity index (χ3n) is 7.39. The first-order valence-electron chi connectivity index (χ1n) is 15.9. The second-order valence-electron chi connectivity index (χ2n) is 11.0. The number of hydrogen-bond donors (Lipinski definition) is 4. The van der Waals surface area contributed by atoms with E-state index in [4.69, 9.17) is 9.47 Å². The monoisotopic (exact) mass is 860 g/mol. The number of halogens is 8. The molecule has 2 heterocycles. The van der Waals surface area contributed by atoms with Crippen LogP contribution in [0, 0.1) is 46.5 Å². The molecule has 2 amide bonds. The molecule has 0 aliphatic rings. The third kappa shape index (κ3) is 8.51. The Morgan fingerprint density at radius 3 is 1.29 bits per heavy atom. The zero-order valence-electron chi connectivity index (χ0n) is 28.5. The summed E-state index contributed by atoms with van der Waals surface area (Å²) >= 11 is 4.30. The summed E-state index contributed by atoms with van der Waals surface area (Å²) < 4.78 is 134. The van der Waals surface area contributed by atoms with Gasteiger partial charge in [0.2, 0.25) is 11.8 Å². The highest BCUT2D eigenvalue weighted by atomic mass is 32.2. The van der Waals surface area contributed by atoms with Crippen molar-refractivity contribution in [2.24, 2.45) is 0 Å². The van der Waals surface area contributed by atoms with Gasteiger partial charge in [-0.1, -0.05) is 23.5 Å². The molecule has 2 aromatic heterocycles. The first kappa shape index (κ1) is 40.6. The summed E-state index contributed by atoms with van der Waals surface area (Å²) in [7, 11) is 0. The van der Waals surface area contributed by atoms with E-state index >= 15 is 35.1 Å². The van der Waals surface area contributed by atoms with E-state index in [0.29, 0.717) is 44.4 Å². The number of hydrogen-bond acceptors (Lipinski definition) is 12. The summed E-state index contributed by atoms with van der Waals surface area (Å²) in [5.74, 6) is -20.4. The summed E-state index contributed by atoms with van der Waals surface area (Å²) in [6, 6.07) is 10.3. The van der Waals surface area contributed by atoms with Crippen LogP contribution >= 0.6 is 46.2 Å². The van der Waals surface area contributed by atoms with Crippen LogP contribution in [0.4, 0.5) is 46.5 Å². The van der Waals surface area contributed by atoms with Crippen LogP contribution in [0.3, 0.4) is 0 Å². The van der Waals surface area contributed by atoms with Crippen LogP contribution in [0.15, 0.2) is 45.1 Å². The molecule has 6 rings (SSSR count). The number of carbonyl (C=O) groups is 2. The van der Waals surface area contributed by atoms with Crippen LogP contribution in [0.1, 0.15) is 13.8 Å². The van der Waals surface area contributed by atoms with Gasteiger partial charge in [-0.05, 0) is 50.2 Å². The molecule has 4 aromatic carbocycles. The number of thioether (sulfide) groups is 2. The lowest BCUT2D eigenvalue weighted by Gasteiger charge is -2.17. The average molecular weight is 861 g/mol. The number of fused-ring (bicyclic) bond motifs is 2. The van der Waals surface area contributed by atoms with Crippen LogP contribution in [-0.4, -0.2) is 46.5 Å². The van der Waals surface area contributed by atoms with Gasteiger partial charge in [0.1, 0.15) is 22.9 Å². The Hall–Kier alpha value is -5.06. The molecule has 0 saturated carbocycles. The maximum absolute atomic E-state index is 15.2. The number of ether oxygens (including phenoxy) is 2. The maximum atomic E-state index is 15.2. The lowest BCUT2D eigenvalue weighted by Crippen LogP contribution is -2.32. The first-order valence-corrected chi connectivity index (χ1v) is 19.6. The minimum absolute atomic E-state index is 0.384. The van der Waals surface area contributed by atoms with E-state index in [9.17, 15) is 9.59 Å². The standard InChI is InChI=1S/C34H24F8N6O4S4/c1-3-51-13-5-7-15-17(9-13)55-33(43-15)53-11-19(49)45-47-31-27(39)23(35)21(24(36)28(31)40)22-25(37)29(41)32(30(42)26(22)38)48-46-20(50)12-54-34-44-16-8-6-14(52-4-2)10-18(16)56-34/h5-10,47-48H,3-4,11-12H2,1-2H3,(H,45,49)(H,46,50). The molecule has 4 N–H and O–H groups in total. The summed E-state index contributed by atoms with van der Waals surface area (Å²) in [5.41, 5.74) is 0.775. The molecule has 0 atom stereocenters. The van der Waals surface area contributed by atoms with Gasteiger partial charge in [0.15, 0.2) is 55.2 Å². The molecule has 6 aromatic rings. The minimum Gasteiger partial charge on any atom is -0.494 e. The van der Waals surface area contributed by atoms with Gasteiger partial charge < -0.3 is 9.47 Å². The summed E-state index contributed by atoms with van der Waals surface area (Å²) in [4.78, 5) is 33.5. The van der Waals surface area contributed by atoms with Crippen molar-refractivity contribution in [1.82, 2.24) is 20.8 Å². The van der Waals surface area contributed by atoms with Crippen molar-refractivity contribution in [3.05, 3.63) is 82.9 Å². The normalized spacial score (nSPS) is 11.2. The fraction of sp³-hybridized carbons (Fsp3) is 0.176. The van der Waals surface area contributed by atoms with Crippen molar-refractivity contribution in [1.29, 1.82) is 0 Å². The molecular weight excluding hydrogens is 837 g/mol. The Balaban J connectivity index is 1.11. The molecule has 0 bridgehead atoms. The van der Waals surface area contributed by atoms with Gasteiger partial charge in [-0.2, -0.15) is 0 Å². The lowest BCUT2D eigenvalue weighted by atomic mass is 10.00. The maximum Gasteiger partial charge on any atom is 0.248 e. The van der Waals surface area contributed by atoms with Crippen LogP contribution < -0.4 is 31.2 Å². The number of aromatic nitrogens is 2. The second kappa shape index (κ2) is 17.4. The zero-order chi connectivity index (χ0) is 40.3. The summed E-state index contributed by atoms with van der Waals surface area (Å²) in [6.45, 7) is 4.52. The van der Waals surface area contributed by atoms with Gasteiger partial charge in [-0.25, -0.2) is 45.1 Å². The molecule has 0 unspecified atom stereocenters. The number of nitrogens with one attached hydrogen (secondary N) is 4. The van der Waals surface area contributed by atoms with Gasteiger partial charge in [-0.3, -0.25) is 31.3 Å². The van der Waals surface area contributed by atoms with Crippen molar-refractivity contribution in [3.8, 4) is 22.6 Å². The fourth-order valence-corrected chi connectivity index (χ4v) is 8.71. The predicted molar refractivity (Wildman–Crippen MR) is 198 cm³/mol. The van der Waals surface area contributed by atoms with Crippen LogP contribution in [0.5, 0.6) is 11.5 Å². The Labute approximate surface area is 327 Å². The van der Waals surface area contributed by atoms with E-state index in [1.807, 2.05) is 24.7 Å². The number of benzene rings is 4. The van der Waals surface area contributed by atoms with Crippen LogP contribution in [0.25, 0.3) is 31.6 Å². The molecule has 0 fully saturated rings. The van der Waals surface area contributed by atoms with E-state index in [1.54, 1.807) is 47.2 Å². The van der Waals surface area contributed by atoms with E-state index < -0.39 is 80.9 Å². The Morgan fingerprint density at radius 1 is 0.589 bits per heavy atom. The van der Waals surface area contributed by atoms with E-state index in [-0.39, 0.29) is 11.5 Å². The number of rotatable bonds is 15. The highest BCUT2D eigenvalue weighted by molar-refractivity contribution is 8.02. The molecule has 0 radical (unpaired) electrons. The Kier molecular flexibility index (Phi) is 12.6. The van der Waals surface area contributed by atoms with Crippen molar-refractivity contribution in [2.45, 2.75) is 22.5 Å². The van der Waals surface area contributed by atoms with Crippen molar-refractivity contribution < 1.29 is 54.2 Å². The number of thiazole rings is 2. The van der Waals surface area contributed by atoms with Crippen LogP contribution in [0.2, 0.25) is 0 Å².